The predicted molar refractivity (Wildman–Crippen MR) is 116 cm³/mol. The summed E-state index contributed by atoms with van der Waals surface area (Å²) in [6.45, 7) is 13.0. The minimum atomic E-state index is 0.527. The standard InChI is InChI=1S/C20H36N6S/c1-4-21-19(23-17-8-13-25(14-9-17)16(2)3)22-10-7-18-15-27-20(24-18)26-11-5-6-12-26/h15-17H,4-14H2,1-3H3,(H2,21,22,23). The molecule has 152 valence electrons. The number of aliphatic imine (C=N–C) groups is 1. The van der Waals surface area contributed by atoms with Crippen LogP contribution < -0.4 is 15.5 Å². The Morgan fingerprint density at radius 2 is 2.00 bits per heavy atom. The van der Waals surface area contributed by atoms with Gasteiger partial charge in [-0.3, -0.25) is 4.99 Å². The second-order valence-electron chi connectivity index (χ2n) is 7.87. The summed E-state index contributed by atoms with van der Waals surface area (Å²) in [7, 11) is 0. The van der Waals surface area contributed by atoms with Gasteiger partial charge in [-0.15, -0.1) is 11.3 Å². The average Bonchev–Trinajstić information content (AvgIpc) is 3.34. The minimum Gasteiger partial charge on any atom is -0.357 e. The lowest BCUT2D eigenvalue weighted by molar-refractivity contribution is 0.167. The summed E-state index contributed by atoms with van der Waals surface area (Å²) in [6, 6.07) is 1.18. The lowest BCUT2D eigenvalue weighted by atomic mass is 10.0. The van der Waals surface area contributed by atoms with Crippen LogP contribution in [0, 0.1) is 0 Å². The van der Waals surface area contributed by atoms with Crippen molar-refractivity contribution >= 4 is 22.4 Å². The number of hydrogen-bond acceptors (Lipinski definition) is 5. The van der Waals surface area contributed by atoms with Crippen molar-refractivity contribution in [2.75, 3.05) is 44.2 Å². The third-order valence-corrected chi connectivity index (χ3v) is 6.45. The van der Waals surface area contributed by atoms with Crippen LogP contribution in [0.25, 0.3) is 0 Å². The molecule has 2 N–H and O–H groups in total. The van der Waals surface area contributed by atoms with Crippen LogP contribution in [0.15, 0.2) is 10.4 Å². The number of nitrogens with one attached hydrogen (secondary N) is 2. The predicted octanol–water partition coefficient (Wildman–Crippen LogP) is 2.71. The zero-order valence-electron chi connectivity index (χ0n) is 17.2. The van der Waals surface area contributed by atoms with Crippen LogP contribution in [0.3, 0.4) is 0 Å². The van der Waals surface area contributed by atoms with Crippen LogP contribution in [0.2, 0.25) is 0 Å². The Bertz CT molecular complexity index is 585. The van der Waals surface area contributed by atoms with Crippen LogP contribution in [0.5, 0.6) is 0 Å². The first kappa shape index (κ1) is 20.4. The summed E-state index contributed by atoms with van der Waals surface area (Å²) in [5.41, 5.74) is 1.17. The quantitative estimate of drug-likeness (QED) is 0.552. The molecular weight excluding hydrogens is 356 g/mol. The van der Waals surface area contributed by atoms with E-state index in [0.717, 1.165) is 38.6 Å². The zero-order chi connectivity index (χ0) is 19.1. The maximum absolute atomic E-state index is 4.80. The van der Waals surface area contributed by atoms with Crippen LogP contribution in [-0.4, -0.2) is 67.2 Å². The molecule has 2 saturated heterocycles. The Kier molecular flexibility index (Phi) is 7.76. The molecule has 0 saturated carbocycles. The van der Waals surface area contributed by atoms with Gasteiger partial charge in [0.15, 0.2) is 11.1 Å². The van der Waals surface area contributed by atoms with E-state index in [9.17, 15) is 0 Å². The lowest BCUT2D eigenvalue weighted by Crippen LogP contribution is -2.49. The van der Waals surface area contributed by atoms with Crippen LogP contribution in [0.1, 0.15) is 52.1 Å². The second-order valence-corrected chi connectivity index (χ2v) is 8.71. The molecule has 1 aromatic heterocycles. The van der Waals surface area contributed by atoms with Crippen molar-refractivity contribution in [1.82, 2.24) is 20.5 Å². The van der Waals surface area contributed by atoms with Gasteiger partial charge in [-0.05, 0) is 46.5 Å². The van der Waals surface area contributed by atoms with E-state index in [0.29, 0.717) is 12.1 Å². The lowest BCUT2D eigenvalue weighted by Gasteiger charge is -2.35. The monoisotopic (exact) mass is 392 g/mol. The van der Waals surface area contributed by atoms with E-state index in [1.54, 1.807) is 11.3 Å². The van der Waals surface area contributed by atoms with E-state index >= 15 is 0 Å². The molecular formula is C20H36N6S. The van der Waals surface area contributed by atoms with Crippen molar-refractivity contribution < 1.29 is 0 Å². The van der Waals surface area contributed by atoms with Crippen molar-refractivity contribution in [3.8, 4) is 0 Å². The van der Waals surface area contributed by atoms with Gasteiger partial charge in [0, 0.05) is 63.2 Å². The first-order valence-corrected chi connectivity index (χ1v) is 11.5. The Labute approximate surface area is 168 Å². The fraction of sp³-hybridized carbons (Fsp3) is 0.800. The molecule has 1 aromatic rings. The van der Waals surface area contributed by atoms with E-state index in [2.05, 4.69) is 46.6 Å². The first-order valence-electron chi connectivity index (χ1n) is 10.6. The Morgan fingerprint density at radius 3 is 2.67 bits per heavy atom. The molecule has 27 heavy (non-hydrogen) atoms. The van der Waals surface area contributed by atoms with Gasteiger partial charge < -0.3 is 20.4 Å². The van der Waals surface area contributed by atoms with Crippen molar-refractivity contribution in [3.05, 3.63) is 11.1 Å². The molecule has 3 heterocycles. The molecule has 0 atom stereocenters. The highest BCUT2D eigenvalue weighted by molar-refractivity contribution is 7.13. The van der Waals surface area contributed by atoms with E-state index < -0.39 is 0 Å². The largest absolute Gasteiger partial charge is 0.357 e. The normalized spacial score (nSPS) is 19.9. The van der Waals surface area contributed by atoms with Gasteiger partial charge in [-0.2, -0.15) is 0 Å². The van der Waals surface area contributed by atoms with E-state index in [4.69, 9.17) is 9.98 Å². The highest BCUT2D eigenvalue weighted by Gasteiger charge is 2.21. The van der Waals surface area contributed by atoms with Crippen molar-refractivity contribution in [3.63, 3.8) is 0 Å². The number of likely N-dealkylation sites (tertiary alicyclic amines) is 1. The molecule has 0 amide bonds. The van der Waals surface area contributed by atoms with Gasteiger partial charge in [0.2, 0.25) is 0 Å². The van der Waals surface area contributed by atoms with Crippen LogP contribution >= 0.6 is 11.3 Å². The van der Waals surface area contributed by atoms with Gasteiger partial charge in [0.05, 0.1) is 5.69 Å². The highest BCUT2D eigenvalue weighted by Crippen LogP contribution is 2.24. The number of nitrogens with zero attached hydrogens (tertiary/aromatic N) is 4. The van der Waals surface area contributed by atoms with Gasteiger partial charge in [0.1, 0.15) is 0 Å². The van der Waals surface area contributed by atoms with E-state index in [1.807, 2.05) is 0 Å². The minimum absolute atomic E-state index is 0.527. The Balaban J connectivity index is 1.46. The van der Waals surface area contributed by atoms with Gasteiger partial charge >= 0.3 is 0 Å². The summed E-state index contributed by atoms with van der Waals surface area (Å²) in [4.78, 5) is 14.6. The van der Waals surface area contributed by atoms with Crippen molar-refractivity contribution in [2.24, 2.45) is 4.99 Å². The summed E-state index contributed by atoms with van der Waals surface area (Å²) in [5.74, 6) is 0.954. The molecule has 0 radical (unpaired) electrons. The van der Waals surface area contributed by atoms with Gasteiger partial charge in [-0.1, -0.05) is 0 Å². The molecule has 0 spiro atoms. The molecule has 0 aromatic carbocycles. The first-order chi connectivity index (χ1) is 13.2. The van der Waals surface area contributed by atoms with Crippen molar-refractivity contribution in [1.29, 1.82) is 0 Å². The topological polar surface area (TPSA) is 55.8 Å². The second kappa shape index (κ2) is 10.3. The number of aromatic nitrogens is 1. The maximum Gasteiger partial charge on any atom is 0.191 e. The molecule has 3 rings (SSSR count). The SMILES string of the molecule is CCNC(=NCCc1csc(N2CCCC2)n1)NC1CCN(C(C)C)CC1. The molecule has 2 fully saturated rings. The van der Waals surface area contributed by atoms with Crippen LogP contribution in [-0.2, 0) is 6.42 Å². The average molecular weight is 393 g/mol. The number of rotatable bonds is 7. The molecule has 7 heteroatoms. The summed E-state index contributed by atoms with van der Waals surface area (Å²) < 4.78 is 0. The third kappa shape index (κ3) is 6.07. The molecule has 0 unspecified atom stereocenters. The Morgan fingerprint density at radius 1 is 1.26 bits per heavy atom. The highest BCUT2D eigenvalue weighted by atomic mass is 32.1. The van der Waals surface area contributed by atoms with Gasteiger partial charge in [-0.25, -0.2) is 4.98 Å². The fourth-order valence-electron chi connectivity index (χ4n) is 3.82. The Hall–Kier alpha value is -1.34. The van der Waals surface area contributed by atoms with E-state index in [1.165, 1.54) is 49.6 Å². The molecule has 0 aliphatic carbocycles. The maximum atomic E-state index is 4.80. The van der Waals surface area contributed by atoms with Crippen LogP contribution in [0.4, 0.5) is 5.13 Å². The number of thiazole rings is 1. The number of anilines is 1. The van der Waals surface area contributed by atoms with Gasteiger partial charge in [0.25, 0.3) is 0 Å². The smallest absolute Gasteiger partial charge is 0.191 e. The molecule has 6 nitrogen and oxygen atoms in total. The molecule has 0 bridgehead atoms. The number of guanidine groups is 1. The number of piperidine rings is 1. The summed E-state index contributed by atoms with van der Waals surface area (Å²) >= 11 is 1.78. The fourth-order valence-corrected chi connectivity index (χ4v) is 4.73. The van der Waals surface area contributed by atoms with E-state index in [-0.39, 0.29) is 0 Å². The third-order valence-electron chi connectivity index (χ3n) is 5.50. The van der Waals surface area contributed by atoms with Crippen molar-refractivity contribution in [2.45, 2.75) is 65.0 Å². The summed E-state index contributed by atoms with van der Waals surface area (Å²) in [6.07, 6.45) is 5.88. The zero-order valence-corrected chi connectivity index (χ0v) is 18.0. The molecule has 2 aliphatic heterocycles. The number of hydrogen-bond donors (Lipinski definition) is 2. The molecule has 2 aliphatic rings. The summed E-state index contributed by atoms with van der Waals surface area (Å²) in [5, 5.41) is 10.4.